The summed E-state index contributed by atoms with van der Waals surface area (Å²) in [4.78, 5) is 10.7. The Balaban J connectivity index is 2.30. The van der Waals surface area contributed by atoms with Gasteiger partial charge in [0.2, 0.25) is 0 Å². The molecule has 0 aromatic carbocycles. The average molecular weight is 262 g/mol. The van der Waals surface area contributed by atoms with Crippen LogP contribution >= 0.6 is 0 Å². The summed E-state index contributed by atoms with van der Waals surface area (Å²) in [6.45, 7) is 1.91. The second-order valence-electron chi connectivity index (χ2n) is 3.49. The van der Waals surface area contributed by atoms with Crippen molar-refractivity contribution in [3.05, 3.63) is 72.6 Å². The van der Waals surface area contributed by atoms with Crippen LogP contribution in [0.1, 0.15) is 6.92 Å². The van der Waals surface area contributed by atoms with Gasteiger partial charge in [-0.25, -0.2) is 4.79 Å². The summed E-state index contributed by atoms with van der Waals surface area (Å²) in [7, 11) is 0. The molecule has 0 radical (unpaired) electrons. The molecule has 0 aromatic rings. The second-order valence-corrected chi connectivity index (χ2v) is 3.49. The molecule has 2 nitrogen and oxygen atoms in total. The molecule has 0 unspecified atom stereocenters. The van der Waals surface area contributed by atoms with Crippen molar-refractivity contribution in [3.63, 3.8) is 0 Å². The first-order chi connectivity index (χ1) is 9.83. The van der Waals surface area contributed by atoms with E-state index in [1.807, 2.05) is 37.3 Å². The standard InChI is InChI=1S/C18H14O2/c1-2-3-4-5-6-7-8-9-10-11-12-13-14-17-15-16-18(19)20-17/h2-3,8-16H,1H3/b3-2+,9-8+,11-10+,13-12-,17-14+. The zero-order valence-corrected chi connectivity index (χ0v) is 11.2. The molecule has 0 atom stereocenters. The number of hydrogen-bond acceptors (Lipinski definition) is 2. The lowest BCUT2D eigenvalue weighted by Gasteiger charge is -1.90. The third-order valence-electron chi connectivity index (χ3n) is 1.94. The maximum atomic E-state index is 10.7. The molecule has 0 fully saturated rings. The molecule has 0 N–H and O–H groups in total. The van der Waals surface area contributed by atoms with Crippen molar-refractivity contribution in [2.75, 3.05) is 0 Å². The van der Waals surface area contributed by atoms with Crippen molar-refractivity contribution in [3.8, 4) is 23.7 Å². The Morgan fingerprint density at radius 2 is 1.65 bits per heavy atom. The van der Waals surface area contributed by atoms with Gasteiger partial charge in [0.25, 0.3) is 0 Å². The summed E-state index contributed by atoms with van der Waals surface area (Å²) in [5.41, 5.74) is 0. The van der Waals surface area contributed by atoms with Crippen LogP contribution in [0.2, 0.25) is 0 Å². The van der Waals surface area contributed by atoms with Crippen molar-refractivity contribution >= 4 is 5.97 Å². The van der Waals surface area contributed by atoms with Crippen molar-refractivity contribution < 1.29 is 9.53 Å². The maximum Gasteiger partial charge on any atom is 0.336 e. The van der Waals surface area contributed by atoms with Crippen molar-refractivity contribution in [1.29, 1.82) is 0 Å². The van der Waals surface area contributed by atoms with E-state index in [0.29, 0.717) is 5.76 Å². The van der Waals surface area contributed by atoms with Crippen LogP contribution in [-0.4, -0.2) is 5.97 Å². The minimum absolute atomic E-state index is 0.334. The predicted molar refractivity (Wildman–Crippen MR) is 81.1 cm³/mol. The molecule has 0 saturated heterocycles. The fraction of sp³-hybridized carbons (Fsp3) is 0.0556. The summed E-state index contributed by atoms with van der Waals surface area (Å²) in [6.07, 6.45) is 19.2. The number of cyclic esters (lactones) is 1. The third kappa shape index (κ3) is 7.37. The van der Waals surface area contributed by atoms with Crippen LogP contribution in [0.25, 0.3) is 0 Å². The van der Waals surface area contributed by atoms with Gasteiger partial charge in [0.05, 0.1) is 0 Å². The highest BCUT2D eigenvalue weighted by Gasteiger charge is 2.06. The highest BCUT2D eigenvalue weighted by molar-refractivity contribution is 5.86. The van der Waals surface area contributed by atoms with Crippen LogP contribution in [0.3, 0.4) is 0 Å². The number of carbonyl (C=O) groups excluding carboxylic acids is 1. The molecular formula is C18H14O2. The SMILES string of the molecule is C/C=C/C#CC#C/C=C/C=C/C=C\C=C1/C=CC(=O)O1. The molecule has 0 saturated carbocycles. The summed E-state index contributed by atoms with van der Waals surface area (Å²) in [5.74, 6) is 11.2. The van der Waals surface area contributed by atoms with Crippen LogP contribution in [0.5, 0.6) is 0 Å². The zero-order chi connectivity index (χ0) is 14.5. The number of hydrogen-bond donors (Lipinski definition) is 0. The Hall–Kier alpha value is -2.97. The smallest absolute Gasteiger partial charge is 0.336 e. The van der Waals surface area contributed by atoms with E-state index in [1.54, 1.807) is 30.4 Å². The van der Waals surface area contributed by atoms with Gasteiger partial charge in [0.15, 0.2) is 0 Å². The molecule has 1 rings (SSSR count). The number of carbonyl (C=O) groups is 1. The molecule has 1 aliphatic heterocycles. The Labute approximate surface area is 119 Å². The number of ether oxygens (including phenoxy) is 1. The molecule has 0 amide bonds. The number of rotatable bonds is 3. The summed E-state index contributed by atoms with van der Waals surface area (Å²) in [5, 5.41) is 0. The maximum absolute atomic E-state index is 10.7. The second kappa shape index (κ2) is 10.00. The first-order valence-corrected chi connectivity index (χ1v) is 6.05. The van der Waals surface area contributed by atoms with Gasteiger partial charge in [0, 0.05) is 6.08 Å². The molecule has 0 bridgehead atoms. The summed E-state index contributed by atoms with van der Waals surface area (Å²) < 4.78 is 4.85. The Morgan fingerprint density at radius 3 is 2.35 bits per heavy atom. The van der Waals surface area contributed by atoms with E-state index in [-0.39, 0.29) is 5.97 Å². The molecule has 0 spiro atoms. The normalized spacial score (nSPS) is 16.1. The molecule has 98 valence electrons. The first-order valence-electron chi connectivity index (χ1n) is 6.05. The van der Waals surface area contributed by atoms with E-state index in [0.717, 1.165) is 0 Å². The first kappa shape index (κ1) is 15.1. The summed E-state index contributed by atoms with van der Waals surface area (Å²) >= 11 is 0. The van der Waals surface area contributed by atoms with Crippen LogP contribution in [0.4, 0.5) is 0 Å². The van der Waals surface area contributed by atoms with E-state index < -0.39 is 0 Å². The van der Waals surface area contributed by atoms with Gasteiger partial charge in [-0.1, -0.05) is 48.3 Å². The van der Waals surface area contributed by atoms with E-state index in [9.17, 15) is 4.79 Å². The van der Waals surface area contributed by atoms with Gasteiger partial charge in [0.1, 0.15) is 5.76 Å². The van der Waals surface area contributed by atoms with Crippen molar-refractivity contribution in [2.45, 2.75) is 6.92 Å². The van der Waals surface area contributed by atoms with Gasteiger partial charge < -0.3 is 4.74 Å². The lowest BCUT2D eigenvalue weighted by molar-refractivity contribution is -0.132. The fourth-order valence-corrected chi connectivity index (χ4v) is 1.11. The zero-order valence-electron chi connectivity index (χ0n) is 11.2. The summed E-state index contributed by atoms with van der Waals surface area (Å²) in [6, 6.07) is 0. The monoisotopic (exact) mass is 262 g/mol. The molecule has 0 aromatic heterocycles. The Morgan fingerprint density at radius 1 is 0.950 bits per heavy atom. The van der Waals surface area contributed by atoms with E-state index in [1.165, 1.54) is 6.08 Å². The molecule has 2 heteroatoms. The van der Waals surface area contributed by atoms with Crippen molar-refractivity contribution in [2.24, 2.45) is 0 Å². The molecule has 20 heavy (non-hydrogen) atoms. The predicted octanol–water partition coefficient (Wildman–Crippen LogP) is 3.23. The van der Waals surface area contributed by atoms with Gasteiger partial charge in [-0.3, -0.25) is 0 Å². The van der Waals surface area contributed by atoms with E-state index in [2.05, 4.69) is 23.7 Å². The van der Waals surface area contributed by atoms with Crippen LogP contribution < -0.4 is 0 Å². The largest absolute Gasteiger partial charge is 0.423 e. The Bertz CT molecular complexity index is 630. The van der Waals surface area contributed by atoms with Crippen LogP contribution in [-0.2, 0) is 9.53 Å². The van der Waals surface area contributed by atoms with Crippen LogP contribution in [0, 0.1) is 23.7 Å². The number of esters is 1. The van der Waals surface area contributed by atoms with Gasteiger partial charge in [-0.05, 0) is 43.1 Å². The minimum Gasteiger partial charge on any atom is -0.423 e. The third-order valence-corrected chi connectivity index (χ3v) is 1.94. The fourth-order valence-electron chi connectivity index (χ4n) is 1.11. The van der Waals surface area contributed by atoms with Gasteiger partial charge >= 0.3 is 5.97 Å². The van der Waals surface area contributed by atoms with Gasteiger partial charge in [-0.2, -0.15) is 0 Å². The topological polar surface area (TPSA) is 26.3 Å². The average Bonchev–Trinajstić information content (AvgIpc) is 2.86. The molecule has 1 aliphatic rings. The minimum atomic E-state index is -0.334. The van der Waals surface area contributed by atoms with E-state index in [4.69, 9.17) is 4.74 Å². The molecule has 1 heterocycles. The number of allylic oxidation sites excluding steroid dienone is 10. The van der Waals surface area contributed by atoms with E-state index >= 15 is 0 Å². The lowest BCUT2D eigenvalue weighted by atomic mass is 10.3. The highest BCUT2D eigenvalue weighted by atomic mass is 16.5. The molecule has 0 aliphatic carbocycles. The quantitative estimate of drug-likeness (QED) is 0.443. The molecular weight excluding hydrogens is 248 g/mol. The highest BCUT2D eigenvalue weighted by Crippen LogP contribution is 2.08. The van der Waals surface area contributed by atoms with Crippen LogP contribution in [0.15, 0.2) is 72.6 Å². The van der Waals surface area contributed by atoms with Crippen molar-refractivity contribution in [1.82, 2.24) is 0 Å². The van der Waals surface area contributed by atoms with Gasteiger partial charge in [-0.15, -0.1) is 0 Å². The lowest BCUT2D eigenvalue weighted by Crippen LogP contribution is -1.89. The Kier molecular flexibility index (Phi) is 7.54.